The van der Waals surface area contributed by atoms with E-state index in [-0.39, 0.29) is 12.1 Å². The average molecular weight is 444 g/mol. The zero-order valence-corrected chi connectivity index (χ0v) is 17.0. The zero-order chi connectivity index (χ0) is 22.6. The van der Waals surface area contributed by atoms with Crippen molar-refractivity contribution < 1.29 is 37.7 Å². The number of carboxylic acid groups (broad SMARTS) is 1. The SMILES string of the molecule is O=C(O)N[C@@H]1CCCN(C(=O)C(c2cccc(OC(F)(F)F)c2)C2(O)CCCCC2)C1. The highest BCUT2D eigenvalue weighted by atomic mass is 19.4. The number of piperidine rings is 1. The van der Waals surface area contributed by atoms with Gasteiger partial charge >= 0.3 is 12.5 Å². The Balaban J connectivity index is 1.91. The van der Waals surface area contributed by atoms with Crippen LogP contribution in [0.1, 0.15) is 56.4 Å². The van der Waals surface area contributed by atoms with E-state index in [0.717, 1.165) is 18.6 Å². The van der Waals surface area contributed by atoms with Crippen molar-refractivity contribution in [3.63, 3.8) is 0 Å². The lowest BCUT2D eigenvalue weighted by molar-refractivity contribution is -0.274. The summed E-state index contributed by atoms with van der Waals surface area (Å²) in [5, 5.41) is 22.8. The first-order valence-corrected chi connectivity index (χ1v) is 10.4. The second kappa shape index (κ2) is 9.33. The summed E-state index contributed by atoms with van der Waals surface area (Å²) >= 11 is 0. The van der Waals surface area contributed by atoms with Crippen LogP contribution in [-0.2, 0) is 4.79 Å². The lowest BCUT2D eigenvalue weighted by Crippen LogP contribution is -2.54. The van der Waals surface area contributed by atoms with Crippen LogP contribution in [0.2, 0.25) is 0 Å². The van der Waals surface area contributed by atoms with E-state index in [4.69, 9.17) is 5.11 Å². The molecule has 0 spiro atoms. The number of hydrogen-bond acceptors (Lipinski definition) is 4. The number of alkyl halides is 3. The summed E-state index contributed by atoms with van der Waals surface area (Å²) in [7, 11) is 0. The molecule has 1 unspecified atom stereocenters. The largest absolute Gasteiger partial charge is 0.573 e. The Bertz CT molecular complexity index is 795. The van der Waals surface area contributed by atoms with Crippen LogP contribution in [0.5, 0.6) is 5.75 Å². The fourth-order valence-electron chi connectivity index (χ4n) is 4.68. The summed E-state index contributed by atoms with van der Waals surface area (Å²) in [6.45, 7) is 0.540. The molecule has 1 saturated heterocycles. The Morgan fingerprint density at radius 2 is 1.90 bits per heavy atom. The second-order valence-corrected chi connectivity index (χ2v) is 8.29. The van der Waals surface area contributed by atoms with Gasteiger partial charge in [0.05, 0.1) is 11.5 Å². The van der Waals surface area contributed by atoms with Crippen molar-refractivity contribution in [2.75, 3.05) is 13.1 Å². The predicted octanol–water partition coefficient (Wildman–Crippen LogP) is 3.62. The maximum Gasteiger partial charge on any atom is 0.573 e. The molecular weight excluding hydrogens is 417 g/mol. The van der Waals surface area contributed by atoms with Crippen LogP contribution < -0.4 is 10.1 Å². The van der Waals surface area contributed by atoms with Gasteiger partial charge in [-0.2, -0.15) is 0 Å². The lowest BCUT2D eigenvalue weighted by Gasteiger charge is -2.42. The number of halogens is 3. The van der Waals surface area contributed by atoms with Gasteiger partial charge in [0.2, 0.25) is 5.91 Å². The maximum absolute atomic E-state index is 13.6. The molecule has 0 bridgehead atoms. The molecule has 1 aromatic carbocycles. The highest BCUT2D eigenvalue weighted by Gasteiger charge is 2.45. The third-order valence-electron chi connectivity index (χ3n) is 5.99. The van der Waals surface area contributed by atoms with E-state index in [1.165, 1.54) is 17.0 Å². The minimum absolute atomic E-state index is 0.149. The molecule has 1 aliphatic heterocycles. The number of aliphatic hydroxyl groups is 1. The molecule has 2 amide bonds. The van der Waals surface area contributed by atoms with Gasteiger partial charge in [-0.25, -0.2) is 4.79 Å². The number of benzene rings is 1. The monoisotopic (exact) mass is 444 g/mol. The van der Waals surface area contributed by atoms with Crippen molar-refractivity contribution in [2.24, 2.45) is 0 Å². The number of rotatable bonds is 5. The number of ether oxygens (including phenoxy) is 1. The van der Waals surface area contributed by atoms with Crippen molar-refractivity contribution in [3.8, 4) is 5.75 Å². The Labute approximate surface area is 178 Å². The zero-order valence-electron chi connectivity index (χ0n) is 17.0. The summed E-state index contributed by atoms with van der Waals surface area (Å²) in [6.07, 6.45) is -1.84. The molecule has 3 rings (SSSR count). The molecule has 2 aliphatic rings. The number of nitrogens with zero attached hydrogens (tertiary/aromatic N) is 1. The first-order chi connectivity index (χ1) is 14.6. The predicted molar refractivity (Wildman–Crippen MR) is 105 cm³/mol. The van der Waals surface area contributed by atoms with Crippen LogP contribution in [0.4, 0.5) is 18.0 Å². The molecule has 1 aromatic rings. The van der Waals surface area contributed by atoms with Gasteiger partial charge in [0.1, 0.15) is 5.75 Å². The molecule has 1 heterocycles. The summed E-state index contributed by atoms with van der Waals surface area (Å²) < 4.78 is 42.1. The van der Waals surface area contributed by atoms with Gasteiger partial charge in [0.15, 0.2) is 0 Å². The van der Waals surface area contributed by atoms with Crippen molar-refractivity contribution in [1.29, 1.82) is 0 Å². The number of hydrogen-bond donors (Lipinski definition) is 3. The molecule has 1 aliphatic carbocycles. The average Bonchev–Trinajstić information content (AvgIpc) is 2.67. The molecule has 1 saturated carbocycles. The van der Waals surface area contributed by atoms with E-state index in [1.807, 2.05) is 0 Å². The fourth-order valence-corrected chi connectivity index (χ4v) is 4.68. The van der Waals surface area contributed by atoms with E-state index in [1.54, 1.807) is 0 Å². The van der Waals surface area contributed by atoms with Crippen LogP contribution >= 0.6 is 0 Å². The molecule has 2 fully saturated rings. The lowest BCUT2D eigenvalue weighted by atomic mass is 9.72. The summed E-state index contributed by atoms with van der Waals surface area (Å²) in [5.41, 5.74) is -1.14. The third-order valence-corrected chi connectivity index (χ3v) is 5.99. The van der Waals surface area contributed by atoms with Gasteiger partial charge in [0.25, 0.3) is 0 Å². The molecular formula is C21H27F3N2O5. The number of amides is 2. The number of likely N-dealkylation sites (tertiary alicyclic amines) is 1. The van der Waals surface area contributed by atoms with Gasteiger partial charge in [-0.15, -0.1) is 13.2 Å². The number of carbonyl (C=O) groups excluding carboxylic acids is 1. The van der Waals surface area contributed by atoms with Crippen LogP contribution in [0.15, 0.2) is 24.3 Å². The molecule has 172 valence electrons. The summed E-state index contributed by atoms with van der Waals surface area (Å²) in [6, 6.07) is 4.76. The Kier molecular flexibility index (Phi) is 6.98. The van der Waals surface area contributed by atoms with Crippen molar-refractivity contribution in [3.05, 3.63) is 29.8 Å². The molecule has 31 heavy (non-hydrogen) atoms. The third kappa shape index (κ3) is 6.03. The van der Waals surface area contributed by atoms with Crippen LogP contribution in [0.25, 0.3) is 0 Å². The summed E-state index contributed by atoms with van der Waals surface area (Å²) in [5.74, 6) is -1.93. The van der Waals surface area contributed by atoms with Gasteiger partial charge in [-0.3, -0.25) is 4.79 Å². The molecule has 0 radical (unpaired) electrons. The van der Waals surface area contributed by atoms with Crippen LogP contribution in [-0.4, -0.2) is 58.2 Å². The Morgan fingerprint density at radius 3 is 2.55 bits per heavy atom. The van der Waals surface area contributed by atoms with E-state index in [9.17, 15) is 27.9 Å². The first kappa shape index (κ1) is 23.2. The molecule has 3 N–H and O–H groups in total. The fraction of sp³-hybridized carbons (Fsp3) is 0.619. The highest BCUT2D eigenvalue weighted by molar-refractivity contribution is 5.85. The minimum atomic E-state index is -4.87. The second-order valence-electron chi connectivity index (χ2n) is 8.29. The topological polar surface area (TPSA) is 99.1 Å². The van der Waals surface area contributed by atoms with Gasteiger partial charge in [0, 0.05) is 19.1 Å². The standard InChI is InChI=1S/C21H27F3N2O5/c22-21(23,24)31-16-8-4-6-14(12-16)17(20(30)9-2-1-3-10-20)18(27)26-11-5-7-15(13-26)25-19(28)29/h4,6,8,12,15,17,25,30H,1-3,5,7,9-11,13H2,(H,28,29)/t15-,17?/m1/s1. The van der Waals surface area contributed by atoms with Crippen molar-refractivity contribution in [2.45, 2.75) is 68.9 Å². The summed E-state index contributed by atoms with van der Waals surface area (Å²) in [4.78, 5) is 26.0. The van der Waals surface area contributed by atoms with E-state index < -0.39 is 41.7 Å². The van der Waals surface area contributed by atoms with Crippen molar-refractivity contribution in [1.82, 2.24) is 10.2 Å². The van der Waals surface area contributed by atoms with E-state index in [0.29, 0.717) is 45.1 Å². The Morgan fingerprint density at radius 1 is 1.19 bits per heavy atom. The van der Waals surface area contributed by atoms with Crippen molar-refractivity contribution >= 4 is 12.0 Å². The van der Waals surface area contributed by atoms with E-state index in [2.05, 4.69) is 10.1 Å². The minimum Gasteiger partial charge on any atom is -0.465 e. The van der Waals surface area contributed by atoms with Gasteiger partial charge in [-0.05, 0) is 43.4 Å². The molecule has 2 atom stereocenters. The normalized spacial score (nSPS) is 22.5. The quantitative estimate of drug-likeness (QED) is 0.644. The molecule has 0 aromatic heterocycles. The van der Waals surface area contributed by atoms with Crippen LogP contribution in [0, 0.1) is 0 Å². The highest BCUT2D eigenvalue weighted by Crippen LogP contribution is 2.42. The Hall–Kier alpha value is -2.49. The van der Waals surface area contributed by atoms with Gasteiger partial charge in [-0.1, -0.05) is 31.4 Å². The number of carbonyl (C=O) groups is 2. The molecule has 7 nitrogen and oxygen atoms in total. The van der Waals surface area contributed by atoms with Gasteiger partial charge < -0.3 is 25.2 Å². The smallest absolute Gasteiger partial charge is 0.465 e. The molecule has 10 heteroatoms. The maximum atomic E-state index is 13.6. The van der Waals surface area contributed by atoms with Crippen LogP contribution in [0.3, 0.4) is 0 Å². The number of nitrogens with one attached hydrogen (secondary N) is 1. The van der Waals surface area contributed by atoms with E-state index >= 15 is 0 Å². The first-order valence-electron chi connectivity index (χ1n) is 10.4.